The predicted molar refractivity (Wildman–Crippen MR) is 129 cm³/mol. The lowest BCUT2D eigenvalue weighted by Crippen LogP contribution is -2.33. The van der Waals surface area contributed by atoms with Gasteiger partial charge in [-0.15, -0.1) is 0 Å². The fourth-order valence-corrected chi connectivity index (χ4v) is 4.64. The zero-order chi connectivity index (χ0) is 25.4. The van der Waals surface area contributed by atoms with E-state index in [4.69, 9.17) is 19.3 Å². The third-order valence-electron chi connectivity index (χ3n) is 5.97. The van der Waals surface area contributed by atoms with Gasteiger partial charge >= 0.3 is 7.60 Å². The van der Waals surface area contributed by atoms with Crippen LogP contribution in [0.2, 0.25) is 0 Å². The van der Waals surface area contributed by atoms with Crippen molar-refractivity contribution in [3.63, 3.8) is 0 Å². The van der Waals surface area contributed by atoms with Gasteiger partial charge in [0, 0.05) is 17.7 Å². The van der Waals surface area contributed by atoms with Crippen molar-refractivity contribution in [3.8, 4) is 11.8 Å². The summed E-state index contributed by atoms with van der Waals surface area (Å²) >= 11 is 0. The molecule has 12 heteroatoms. The first-order valence-electron chi connectivity index (χ1n) is 11.7. The van der Waals surface area contributed by atoms with Crippen molar-refractivity contribution in [2.24, 2.45) is 5.41 Å². The van der Waals surface area contributed by atoms with Gasteiger partial charge in [-0.2, -0.15) is 0 Å². The molecule has 192 valence electrons. The van der Waals surface area contributed by atoms with Gasteiger partial charge in [0.15, 0.2) is 6.23 Å². The third kappa shape index (κ3) is 6.40. The van der Waals surface area contributed by atoms with E-state index in [-0.39, 0.29) is 12.0 Å². The summed E-state index contributed by atoms with van der Waals surface area (Å²) in [7, 11) is -4.36. The van der Waals surface area contributed by atoms with Crippen LogP contribution in [0, 0.1) is 17.3 Å². The largest absolute Gasteiger partial charge is 0.387 e. The second kappa shape index (κ2) is 10.1. The number of anilines is 1. The Morgan fingerprint density at radius 2 is 1.94 bits per heavy atom. The van der Waals surface area contributed by atoms with Crippen LogP contribution in [0.4, 0.5) is 5.82 Å². The predicted octanol–water partition coefficient (Wildman–Crippen LogP) is 1.95. The van der Waals surface area contributed by atoms with E-state index in [1.165, 1.54) is 0 Å². The van der Waals surface area contributed by atoms with Crippen LogP contribution in [0.1, 0.15) is 58.5 Å². The summed E-state index contributed by atoms with van der Waals surface area (Å²) in [5.74, 6) is 7.19. The van der Waals surface area contributed by atoms with Crippen molar-refractivity contribution in [1.29, 1.82) is 0 Å². The minimum Gasteiger partial charge on any atom is -0.387 e. The summed E-state index contributed by atoms with van der Waals surface area (Å²) in [4.78, 5) is 27.2. The molecule has 3 heterocycles. The van der Waals surface area contributed by atoms with Crippen LogP contribution < -0.4 is 5.32 Å². The Bertz CT molecular complexity index is 1160. The number of hydrogen-bond acceptors (Lipinski definition) is 8. The van der Waals surface area contributed by atoms with Crippen molar-refractivity contribution in [2.45, 2.75) is 77.0 Å². The first kappa shape index (κ1) is 26.0. The van der Waals surface area contributed by atoms with Gasteiger partial charge in [-0.3, -0.25) is 4.57 Å². The van der Waals surface area contributed by atoms with Crippen LogP contribution in [0.15, 0.2) is 12.3 Å². The molecule has 1 saturated heterocycles. The second-order valence-corrected chi connectivity index (χ2v) is 11.8. The number of nitrogens with one attached hydrogen (secondary N) is 1. The van der Waals surface area contributed by atoms with Gasteiger partial charge in [0.05, 0.1) is 12.0 Å². The summed E-state index contributed by atoms with van der Waals surface area (Å²) in [6.07, 6.45) is 0.771. The Morgan fingerprint density at radius 1 is 1.23 bits per heavy atom. The summed E-state index contributed by atoms with van der Waals surface area (Å²) in [6.45, 7) is 5.71. The van der Waals surface area contributed by atoms with Crippen LogP contribution in [0.5, 0.6) is 0 Å². The van der Waals surface area contributed by atoms with Crippen LogP contribution in [-0.2, 0) is 14.0 Å². The number of aliphatic hydroxyl groups excluding tert-OH is 2. The lowest BCUT2D eigenvalue weighted by molar-refractivity contribution is -0.0610. The summed E-state index contributed by atoms with van der Waals surface area (Å²) < 4.78 is 23.5. The first-order valence-corrected chi connectivity index (χ1v) is 13.5. The highest BCUT2D eigenvalue weighted by molar-refractivity contribution is 7.51. The maximum absolute atomic E-state index is 11.0. The summed E-state index contributed by atoms with van der Waals surface area (Å²) in [5, 5.41) is 25.4. The van der Waals surface area contributed by atoms with E-state index in [1.54, 1.807) is 10.8 Å². The molecule has 0 bridgehead atoms. The van der Waals surface area contributed by atoms with Crippen molar-refractivity contribution in [1.82, 2.24) is 14.5 Å². The second-order valence-electron chi connectivity index (χ2n) is 10.2. The minimum absolute atomic E-state index is 0.242. The molecule has 5 N–H and O–H groups in total. The Balaban J connectivity index is 1.65. The lowest BCUT2D eigenvalue weighted by Gasteiger charge is -2.18. The van der Waals surface area contributed by atoms with E-state index in [2.05, 4.69) is 27.1 Å². The maximum Gasteiger partial charge on any atom is 0.350 e. The summed E-state index contributed by atoms with van der Waals surface area (Å²) in [6, 6.07) is 2.14. The molecule has 35 heavy (non-hydrogen) atoms. The molecule has 1 aliphatic heterocycles. The molecule has 4 rings (SSSR count). The van der Waals surface area contributed by atoms with Gasteiger partial charge in [0.2, 0.25) is 5.82 Å². The zero-order valence-corrected chi connectivity index (χ0v) is 21.0. The van der Waals surface area contributed by atoms with Crippen molar-refractivity contribution in [2.75, 3.05) is 18.3 Å². The number of rotatable bonds is 7. The van der Waals surface area contributed by atoms with Gasteiger partial charge < -0.3 is 39.4 Å². The maximum atomic E-state index is 11.0. The average Bonchev–Trinajstić information content (AvgIpc) is 3.47. The fourth-order valence-electron chi connectivity index (χ4n) is 4.30. The van der Waals surface area contributed by atoms with Gasteiger partial charge in [-0.05, 0) is 45.6 Å². The highest BCUT2D eigenvalue weighted by Crippen LogP contribution is 2.36. The molecular formula is C23H33N4O7P. The average molecular weight is 509 g/mol. The molecule has 2 aromatic heterocycles. The number of aliphatic hydroxyl groups is 2. The smallest absolute Gasteiger partial charge is 0.350 e. The highest BCUT2D eigenvalue weighted by Gasteiger charge is 2.44. The van der Waals surface area contributed by atoms with E-state index >= 15 is 0 Å². The van der Waals surface area contributed by atoms with E-state index in [0.717, 1.165) is 31.1 Å². The molecule has 4 atom stereocenters. The SMILES string of the molecule is CC(C)(C)C#Cc1nc(NC2CCCC2)c2ccn([C@@H]3O[C@H](COCP(=O)(O)O)[C@@H](O)[C@H]3O)c2n1. The van der Waals surface area contributed by atoms with E-state index in [1.807, 2.05) is 26.8 Å². The third-order valence-corrected chi connectivity index (χ3v) is 6.49. The number of ether oxygens (including phenoxy) is 2. The Morgan fingerprint density at radius 3 is 2.60 bits per heavy atom. The highest BCUT2D eigenvalue weighted by atomic mass is 31.2. The Hall–Kier alpha value is -2.03. The quantitative estimate of drug-likeness (QED) is 0.276. The van der Waals surface area contributed by atoms with Crippen LogP contribution >= 0.6 is 7.60 Å². The van der Waals surface area contributed by atoms with Gasteiger partial charge in [0.25, 0.3) is 0 Å². The van der Waals surface area contributed by atoms with E-state index in [0.29, 0.717) is 23.3 Å². The molecule has 2 aliphatic rings. The van der Waals surface area contributed by atoms with Gasteiger partial charge in [-0.25, -0.2) is 9.97 Å². The molecule has 0 unspecified atom stereocenters. The topological polar surface area (TPSA) is 159 Å². The number of hydrogen-bond donors (Lipinski definition) is 5. The minimum atomic E-state index is -4.36. The molecule has 1 aliphatic carbocycles. The van der Waals surface area contributed by atoms with Crippen molar-refractivity contribution >= 4 is 24.4 Å². The molecular weight excluding hydrogens is 475 g/mol. The Kier molecular flexibility index (Phi) is 7.55. The lowest BCUT2D eigenvalue weighted by atomic mass is 9.98. The monoisotopic (exact) mass is 508 g/mol. The molecule has 1 saturated carbocycles. The molecule has 11 nitrogen and oxygen atoms in total. The van der Waals surface area contributed by atoms with Gasteiger partial charge in [-0.1, -0.05) is 18.8 Å². The van der Waals surface area contributed by atoms with Crippen LogP contribution in [0.25, 0.3) is 11.0 Å². The van der Waals surface area contributed by atoms with Gasteiger partial charge in [0.1, 0.15) is 36.1 Å². The molecule has 0 spiro atoms. The standard InChI is InChI=1S/C23H33N4O7P/c1-23(2,3)10-8-17-25-20(24-14-6-4-5-7-14)15-9-11-27(21(15)26-17)22-19(29)18(28)16(34-22)12-33-13-35(30,31)32/h9,11,14,16,18-19,22,28-29H,4-7,12-13H2,1-3H3,(H,24,25,26)(H2,30,31,32)/t16-,18-,19-,22-/m1/s1. The van der Waals surface area contributed by atoms with E-state index < -0.39 is 38.5 Å². The van der Waals surface area contributed by atoms with Crippen molar-refractivity contribution < 1.29 is 34.0 Å². The number of fused-ring (bicyclic) bond motifs is 1. The molecule has 0 amide bonds. The zero-order valence-electron chi connectivity index (χ0n) is 20.1. The molecule has 2 aromatic rings. The summed E-state index contributed by atoms with van der Waals surface area (Å²) in [5.41, 5.74) is 0.251. The number of aromatic nitrogens is 3. The number of nitrogens with zero attached hydrogens (tertiary/aromatic N) is 3. The molecule has 2 fully saturated rings. The van der Waals surface area contributed by atoms with Crippen molar-refractivity contribution in [3.05, 3.63) is 18.1 Å². The van der Waals surface area contributed by atoms with Crippen LogP contribution in [0.3, 0.4) is 0 Å². The molecule has 0 radical (unpaired) electrons. The molecule has 0 aromatic carbocycles. The normalized spacial score (nSPS) is 25.7. The van der Waals surface area contributed by atoms with Crippen LogP contribution in [-0.4, -0.2) is 71.8 Å². The fraction of sp³-hybridized carbons (Fsp3) is 0.652. The first-order chi connectivity index (χ1) is 16.4. The Labute approximate surface area is 204 Å². The van der Waals surface area contributed by atoms with E-state index in [9.17, 15) is 14.8 Å².